The zero-order valence-electron chi connectivity index (χ0n) is 21.1. The van der Waals surface area contributed by atoms with Gasteiger partial charge in [0.05, 0.1) is 13.2 Å². The van der Waals surface area contributed by atoms with Crippen molar-refractivity contribution in [3.8, 4) is 18.4 Å². The minimum atomic E-state index is -1.36. The van der Waals surface area contributed by atoms with Crippen LogP contribution in [0.3, 0.4) is 0 Å². The summed E-state index contributed by atoms with van der Waals surface area (Å²) in [6.07, 6.45) is 6.88. The third kappa shape index (κ3) is 9.51. The third-order valence-electron chi connectivity index (χ3n) is 4.73. The summed E-state index contributed by atoms with van der Waals surface area (Å²) in [5, 5.41) is 14.5. The van der Waals surface area contributed by atoms with E-state index < -0.39 is 54.7 Å². The molecular weight excluding hydrogens is 484 g/mol. The molecule has 0 aliphatic heterocycles. The topological polar surface area (TPSA) is 138 Å². The number of carbonyl (C=O) groups is 4. The molecule has 0 aliphatic rings. The lowest BCUT2D eigenvalue weighted by Gasteiger charge is -2.33. The predicted molar refractivity (Wildman–Crippen MR) is 136 cm³/mol. The van der Waals surface area contributed by atoms with Gasteiger partial charge in [0.15, 0.2) is 0 Å². The molecule has 194 valence electrons. The number of nitrogens with one attached hydrogen (secondary N) is 2. The standard InChI is InChI=1S/C25H32N4O6S/c1-7-17-10-8-9-11-18(17)21(22(31)27-16-20(30)34-5)29(14-13-26)23(32)19(12-15-36-6)28-24(33)35-25(2,3)4/h1,8-11,19,21H,12,14-16H2,2-6H3,(H,27,31)(H,28,33). The summed E-state index contributed by atoms with van der Waals surface area (Å²) in [4.78, 5) is 52.1. The average molecular weight is 517 g/mol. The van der Waals surface area contributed by atoms with E-state index in [2.05, 4.69) is 21.3 Å². The van der Waals surface area contributed by atoms with Crippen molar-refractivity contribution in [3.05, 3.63) is 35.4 Å². The Balaban J connectivity index is 3.49. The molecule has 0 saturated heterocycles. The Morgan fingerprint density at radius 2 is 1.89 bits per heavy atom. The van der Waals surface area contributed by atoms with E-state index in [0.29, 0.717) is 11.3 Å². The minimum absolute atomic E-state index is 0.217. The number of rotatable bonds is 11. The summed E-state index contributed by atoms with van der Waals surface area (Å²) in [6, 6.07) is 5.92. The van der Waals surface area contributed by atoms with Gasteiger partial charge in [-0.1, -0.05) is 24.1 Å². The monoisotopic (exact) mass is 516 g/mol. The molecule has 1 rings (SSSR count). The number of thioether (sulfide) groups is 1. The van der Waals surface area contributed by atoms with Crippen molar-refractivity contribution in [1.82, 2.24) is 15.5 Å². The lowest BCUT2D eigenvalue weighted by molar-refractivity contribution is -0.144. The van der Waals surface area contributed by atoms with Crippen molar-refractivity contribution in [1.29, 1.82) is 5.26 Å². The molecule has 11 heteroatoms. The summed E-state index contributed by atoms with van der Waals surface area (Å²) in [7, 11) is 1.17. The minimum Gasteiger partial charge on any atom is -0.468 e. The van der Waals surface area contributed by atoms with Crippen molar-refractivity contribution in [2.75, 3.05) is 32.2 Å². The largest absolute Gasteiger partial charge is 0.468 e. The number of nitriles is 1. The van der Waals surface area contributed by atoms with E-state index in [9.17, 15) is 24.4 Å². The van der Waals surface area contributed by atoms with Crippen molar-refractivity contribution in [2.45, 2.75) is 44.9 Å². The number of amides is 3. The molecule has 1 aromatic rings. The van der Waals surface area contributed by atoms with Crippen LogP contribution in [-0.4, -0.2) is 72.6 Å². The Kier molecular flexibility index (Phi) is 12.3. The van der Waals surface area contributed by atoms with Crippen molar-refractivity contribution in [2.24, 2.45) is 0 Å². The molecule has 0 spiro atoms. The van der Waals surface area contributed by atoms with Crippen molar-refractivity contribution in [3.63, 3.8) is 0 Å². The van der Waals surface area contributed by atoms with Gasteiger partial charge >= 0.3 is 12.1 Å². The lowest BCUT2D eigenvalue weighted by atomic mass is 9.97. The maximum absolute atomic E-state index is 13.7. The summed E-state index contributed by atoms with van der Waals surface area (Å²) >= 11 is 1.46. The van der Waals surface area contributed by atoms with Crippen LogP contribution in [0.25, 0.3) is 0 Å². The van der Waals surface area contributed by atoms with E-state index in [0.717, 1.165) is 4.90 Å². The number of alkyl carbamates (subject to hydrolysis) is 1. The molecule has 1 aromatic carbocycles. The van der Waals surface area contributed by atoms with E-state index in [1.165, 1.54) is 18.9 Å². The smallest absolute Gasteiger partial charge is 0.408 e. The van der Waals surface area contributed by atoms with Gasteiger partial charge in [-0.05, 0) is 50.8 Å². The second-order valence-electron chi connectivity index (χ2n) is 8.53. The summed E-state index contributed by atoms with van der Waals surface area (Å²) in [5.74, 6) is 0.864. The number of carbonyl (C=O) groups excluding carboxylic acids is 4. The quantitative estimate of drug-likeness (QED) is 0.259. The number of benzene rings is 1. The fourth-order valence-corrected chi connectivity index (χ4v) is 3.63. The molecule has 10 nitrogen and oxygen atoms in total. The number of nitrogens with zero attached hydrogens (tertiary/aromatic N) is 2. The van der Waals surface area contributed by atoms with Crippen LogP contribution in [0.4, 0.5) is 4.79 Å². The highest BCUT2D eigenvalue weighted by Gasteiger charge is 2.37. The Morgan fingerprint density at radius 1 is 1.22 bits per heavy atom. The van der Waals surface area contributed by atoms with Crippen LogP contribution in [0.1, 0.15) is 44.4 Å². The molecule has 2 N–H and O–H groups in total. The van der Waals surface area contributed by atoms with E-state index >= 15 is 0 Å². The molecule has 0 aromatic heterocycles. The average Bonchev–Trinajstić information content (AvgIpc) is 2.83. The van der Waals surface area contributed by atoms with Gasteiger partial charge in [0.25, 0.3) is 0 Å². The lowest BCUT2D eigenvalue weighted by Crippen LogP contribution is -2.53. The number of terminal acetylenes is 1. The van der Waals surface area contributed by atoms with E-state index in [1.54, 1.807) is 45.0 Å². The first-order valence-electron chi connectivity index (χ1n) is 11.0. The van der Waals surface area contributed by atoms with Crippen LogP contribution in [-0.2, 0) is 23.9 Å². The van der Waals surface area contributed by atoms with Crippen LogP contribution < -0.4 is 10.6 Å². The zero-order valence-corrected chi connectivity index (χ0v) is 21.9. The van der Waals surface area contributed by atoms with Gasteiger partial charge in [-0.3, -0.25) is 14.4 Å². The van der Waals surface area contributed by atoms with Gasteiger partial charge in [-0.15, -0.1) is 6.42 Å². The molecule has 0 saturated carbocycles. The molecule has 0 bridgehead atoms. The Labute approximate surface area is 216 Å². The first kappa shape index (κ1) is 30.3. The SMILES string of the molecule is C#Cc1ccccc1C(C(=O)NCC(=O)OC)N(CC#N)C(=O)C(CCSC)NC(=O)OC(C)(C)C. The summed E-state index contributed by atoms with van der Waals surface area (Å²) in [5.41, 5.74) is -0.190. The van der Waals surface area contributed by atoms with Gasteiger partial charge in [0, 0.05) is 5.56 Å². The van der Waals surface area contributed by atoms with E-state index in [4.69, 9.17) is 11.2 Å². The van der Waals surface area contributed by atoms with Crippen LogP contribution in [0.15, 0.2) is 24.3 Å². The van der Waals surface area contributed by atoms with Crippen LogP contribution in [0.2, 0.25) is 0 Å². The molecule has 0 fully saturated rings. The summed E-state index contributed by atoms with van der Waals surface area (Å²) < 4.78 is 9.86. The normalized spacial score (nSPS) is 12.2. The second-order valence-corrected chi connectivity index (χ2v) is 9.52. The molecule has 0 radical (unpaired) electrons. The maximum atomic E-state index is 13.7. The Hall–Kier alpha value is -3.70. The van der Waals surface area contributed by atoms with Crippen LogP contribution in [0.5, 0.6) is 0 Å². The molecule has 36 heavy (non-hydrogen) atoms. The van der Waals surface area contributed by atoms with Crippen molar-refractivity contribution >= 4 is 35.6 Å². The molecule has 2 atom stereocenters. The van der Waals surface area contributed by atoms with E-state index in [1.807, 2.05) is 12.3 Å². The van der Waals surface area contributed by atoms with Gasteiger partial charge in [-0.2, -0.15) is 17.0 Å². The number of hydrogen-bond acceptors (Lipinski definition) is 8. The van der Waals surface area contributed by atoms with Gasteiger partial charge in [0.1, 0.15) is 30.8 Å². The molecule has 0 aliphatic carbocycles. The van der Waals surface area contributed by atoms with Crippen LogP contribution >= 0.6 is 11.8 Å². The number of esters is 1. The van der Waals surface area contributed by atoms with Gasteiger partial charge in [0.2, 0.25) is 11.8 Å². The predicted octanol–water partition coefficient (Wildman–Crippen LogP) is 2.00. The first-order chi connectivity index (χ1) is 17.0. The fraction of sp³-hybridized carbons (Fsp3) is 0.480. The Bertz CT molecular complexity index is 1020. The molecule has 2 unspecified atom stereocenters. The third-order valence-corrected chi connectivity index (χ3v) is 5.37. The number of methoxy groups -OCH3 is 1. The van der Waals surface area contributed by atoms with Crippen LogP contribution in [0, 0.1) is 23.7 Å². The Morgan fingerprint density at radius 3 is 2.44 bits per heavy atom. The highest BCUT2D eigenvalue weighted by molar-refractivity contribution is 7.98. The van der Waals surface area contributed by atoms with E-state index in [-0.39, 0.29) is 12.0 Å². The molecule has 3 amide bonds. The first-order valence-corrected chi connectivity index (χ1v) is 12.4. The van der Waals surface area contributed by atoms with Crippen molar-refractivity contribution < 1.29 is 28.7 Å². The maximum Gasteiger partial charge on any atom is 0.408 e. The molecular formula is C25H32N4O6S. The number of ether oxygens (including phenoxy) is 2. The van der Waals surface area contributed by atoms with Gasteiger partial charge < -0.3 is 25.0 Å². The second kappa shape index (κ2) is 14.6. The zero-order chi connectivity index (χ0) is 27.3. The number of hydrogen-bond donors (Lipinski definition) is 2. The highest BCUT2D eigenvalue weighted by atomic mass is 32.2. The van der Waals surface area contributed by atoms with Gasteiger partial charge in [-0.25, -0.2) is 4.79 Å². The molecule has 0 heterocycles. The fourth-order valence-electron chi connectivity index (χ4n) is 3.16. The highest BCUT2D eigenvalue weighted by Crippen LogP contribution is 2.26. The summed E-state index contributed by atoms with van der Waals surface area (Å²) in [6.45, 7) is 4.12.